The van der Waals surface area contributed by atoms with Crippen LogP contribution in [0, 0.1) is 19.7 Å². The summed E-state index contributed by atoms with van der Waals surface area (Å²) in [5, 5.41) is 11.1. The number of hydrogen-bond donors (Lipinski definition) is 1. The number of Topliss-reactive ketones (excluding diaryl/α,β-unsaturated/α-hetero) is 1. The van der Waals surface area contributed by atoms with Gasteiger partial charge in [-0.3, -0.25) is 14.5 Å². The molecule has 1 aliphatic heterocycles. The number of carbonyl (C=O) groups is 2. The van der Waals surface area contributed by atoms with Gasteiger partial charge in [0.15, 0.2) is 0 Å². The number of halogens is 1. The number of furan rings is 1. The highest BCUT2D eigenvalue weighted by Gasteiger charge is 2.48. The fourth-order valence-electron chi connectivity index (χ4n) is 3.74. The zero-order valence-corrected chi connectivity index (χ0v) is 17.2. The molecular formula is C24H20FNO5. The van der Waals surface area contributed by atoms with E-state index in [9.17, 15) is 19.1 Å². The quantitative estimate of drug-likeness (QED) is 0.376. The number of benzene rings is 2. The van der Waals surface area contributed by atoms with Crippen LogP contribution in [0.4, 0.5) is 10.1 Å². The summed E-state index contributed by atoms with van der Waals surface area (Å²) in [6.07, 6.45) is 0. The van der Waals surface area contributed by atoms with Gasteiger partial charge >= 0.3 is 0 Å². The Bertz CT molecular complexity index is 1210. The Morgan fingerprint density at radius 1 is 1.06 bits per heavy atom. The third kappa shape index (κ3) is 3.48. The van der Waals surface area contributed by atoms with Gasteiger partial charge in [-0.15, -0.1) is 0 Å². The molecule has 1 aliphatic rings. The largest absolute Gasteiger partial charge is 0.507 e. The van der Waals surface area contributed by atoms with Crippen molar-refractivity contribution in [1.82, 2.24) is 0 Å². The fourth-order valence-corrected chi connectivity index (χ4v) is 3.74. The number of aliphatic hydroxyl groups excluding tert-OH is 1. The number of hydrogen-bond acceptors (Lipinski definition) is 5. The minimum Gasteiger partial charge on any atom is -0.507 e. The first-order chi connectivity index (χ1) is 14.8. The molecule has 0 radical (unpaired) electrons. The number of carbonyl (C=O) groups excluding carboxylic acids is 2. The molecule has 2 heterocycles. The van der Waals surface area contributed by atoms with Crippen LogP contribution < -0.4 is 9.64 Å². The molecule has 7 heteroatoms. The van der Waals surface area contributed by atoms with Gasteiger partial charge in [-0.2, -0.15) is 0 Å². The van der Waals surface area contributed by atoms with Crippen LogP contribution >= 0.6 is 0 Å². The number of methoxy groups -OCH3 is 1. The van der Waals surface area contributed by atoms with Crippen LogP contribution in [0.3, 0.4) is 0 Å². The van der Waals surface area contributed by atoms with Crippen molar-refractivity contribution in [1.29, 1.82) is 0 Å². The molecule has 1 fully saturated rings. The molecule has 1 N–H and O–H groups in total. The molecule has 1 aromatic heterocycles. The van der Waals surface area contributed by atoms with Crippen molar-refractivity contribution in [2.45, 2.75) is 19.9 Å². The molecule has 0 aliphatic carbocycles. The topological polar surface area (TPSA) is 80.0 Å². The second-order valence-electron chi connectivity index (χ2n) is 7.27. The van der Waals surface area contributed by atoms with E-state index in [1.165, 1.54) is 36.3 Å². The molecule has 1 unspecified atom stereocenters. The van der Waals surface area contributed by atoms with Gasteiger partial charge in [-0.05, 0) is 74.0 Å². The van der Waals surface area contributed by atoms with Crippen molar-refractivity contribution >= 4 is 23.1 Å². The fraction of sp³-hybridized carbons (Fsp3) is 0.167. The minimum absolute atomic E-state index is 0.100. The molecule has 4 rings (SSSR count). The summed E-state index contributed by atoms with van der Waals surface area (Å²) >= 11 is 0. The molecule has 6 nitrogen and oxygen atoms in total. The van der Waals surface area contributed by atoms with Gasteiger partial charge in [0, 0.05) is 11.3 Å². The molecule has 158 valence electrons. The highest BCUT2D eigenvalue weighted by molar-refractivity contribution is 6.51. The highest BCUT2D eigenvalue weighted by atomic mass is 19.1. The van der Waals surface area contributed by atoms with E-state index in [-0.39, 0.29) is 11.3 Å². The summed E-state index contributed by atoms with van der Waals surface area (Å²) in [4.78, 5) is 27.2. The van der Waals surface area contributed by atoms with E-state index in [0.717, 1.165) is 0 Å². The van der Waals surface area contributed by atoms with E-state index in [2.05, 4.69) is 0 Å². The van der Waals surface area contributed by atoms with Gasteiger partial charge in [-0.1, -0.05) is 0 Å². The number of ketones is 1. The van der Waals surface area contributed by atoms with Crippen LogP contribution in [0.5, 0.6) is 5.75 Å². The average molecular weight is 421 g/mol. The first kappa shape index (κ1) is 20.4. The van der Waals surface area contributed by atoms with Crippen molar-refractivity contribution < 1.29 is 28.2 Å². The van der Waals surface area contributed by atoms with Crippen LogP contribution in [-0.4, -0.2) is 23.9 Å². The Morgan fingerprint density at radius 2 is 1.77 bits per heavy atom. The molecule has 3 aromatic rings. The summed E-state index contributed by atoms with van der Waals surface area (Å²) in [5.74, 6) is -0.982. The number of anilines is 1. The number of nitrogens with zero attached hydrogens (tertiary/aromatic N) is 1. The second-order valence-corrected chi connectivity index (χ2v) is 7.27. The highest BCUT2D eigenvalue weighted by Crippen LogP contribution is 2.43. The lowest BCUT2D eigenvalue weighted by Crippen LogP contribution is -2.29. The zero-order chi connectivity index (χ0) is 22.3. The molecule has 1 amide bonds. The van der Waals surface area contributed by atoms with E-state index in [4.69, 9.17) is 9.15 Å². The summed E-state index contributed by atoms with van der Waals surface area (Å²) in [6.45, 7) is 3.50. The predicted molar refractivity (Wildman–Crippen MR) is 112 cm³/mol. The lowest BCUT2D eigenvalue weighted by atomic mass is 9.97. The maximum atomic E-state index is 13.5. The third-order valence-corrected chi connectivity index (χ3v) is 5.27. The summed E-state index contributed by atoms with van der Waals surface area (Å²) in [7, 11) is 1.53. The van der Waals surface area contributed by atoms with Crippen molar-refractivity contribution in [3.63, 3.8) is 0 Å². The standard InChI is InChI=1S/C24H20FNO5/c1-13-12-17(30-3)9-10-18(13)22(27)20-21(19-11-4-14(2)31-19)26(24(29)23(20)28)16-7-5-15(25)6-8-16/h4-12,21,27H,1-3H3/b22-20-. The third-order valence-electron chi connectivity index (χ3n) is 5.27. The Balaban J connectivity index is 1.93. The Labute approximate surface area is 178 Å². The van der Waals surface area contributed by atoms with Gasteiger partial charge in [0.25, 0.3) is 11.7 Å². The molecule has 1 atom stereocenters. The Morgan fingerprint density at radius 3 is 2.35 bits per heavy atom. The molecular weight excluding hydrogens is 401 g/mol. The smallest absolute Gasteiger partial charge is 0.300 e. The van der Waals surface area contributed by atoms with Crippen molar-refractivity contribution in [2.24, 2.45) is 0 Å². The van der Waals surface area contributed by atoms with Crippen LogP contribution in [0.15, 0.2) is 64.6 Å². The van der Waals surface area contributed by atoms with Gasteiger partial charge < -0.3 is 14.3 Å². The number of amides is 1. The molecule has 0 bridgehead atoms. The van der Waals surface area contributed by atoms with E-state index in [1.807, 2.05) is 0 Å². The Hall–Kier alpha value is -3.87. The first-order valence-electron chi connectivity index (χ1n) is 9.59. The van der Waals surface area contributed by atoms with Gasteiger partial charge in [0.2, 0.25) is 0 Å². The SMILES string of the molecule is COc1ccc(/C(O)=C2/C(=O)C(=O)N(c3ccc(F)cc3)C2c2ccc(C)o2)c(C)c1. The summed E-state index contributed by atoms with van der Waals surface area (Å²) in [5.41, 5.74) is 1.27. The van der Waals surface area contributed by atoms with Crippen molar-refractivity contribution in [3.05, 3.63) is 88.6 Å². The molecule has 2 aromatic carbocycles. The van der Waals surface area contributed by atoms with Crippen LogP contribution in [0.2, 0.25) is 0 Å². The summed E-state index contributed by atoms with van der Waals surface area (Å²) in [6, 6.07) is 12.6. The normalized spacial score (nSPS) is 17.9. The number of rotatable bonds is 4. The average Bonchev–Trinajstić information content (AvgIpc) is 3.29. The van der Waals surface area contributed by atoms with E-state index >= 15 is 0 Å². The molecule has 0 saturated carbocycles. The van der Waals surface area contributed by atoms with E-state index in [1.54, 1.807) is 44.2 Å². The lowest BCUT2D eigenvalue weighted by molar-refractivity contribution is -0.132. The number of aliphatic hydroxyl groups is 1. The van der Waals surface area contributed by atoms with E-state index in [0.29, 0.717) is 34.1 Å². The zero-order valence-electron chi connectivity index (χ0n) is 17.2. The summed E-state index contributed by atoms with van der Waals surface area (Å²) < 4.78 is 24.4. The molecule has 0 spiro atoms. The molecule has 1 saturated heterocycles. The Kier molecular flexibility index (Phi) is 5.10. The van der Waals surface area contributed by atoms with Gasteiger partial charge in [0.1, 0.15) is 34.9 Å². The van der Waals surface area contributed by atoms with Gasteiger partial charge in [-0.25, -0.2) is 4.39 Å². The molecule has 31 heavy (non-hydrogen) atoms. The van der Waals surface area contributed by atoms with Crippen molar-refractivity contribution in [2.75, 3.05) is 12.0 Å². The van der Waals surface area contributed by atoms with Crippen LogP contribution in [-0.2, 0) is 9.59 Å². The minimum atomic E-state index is -0.999. The monoisotopic (exact) mass is 421 g/mol. The lowest BCUT2D eigenvalue weighted by Gasteiger charge is -2.23. The number of aryl methyl sites for hydroxylation is 2. The second kappa shape index (κ2) is 7.75. The van der Waals surface area contributed by atoms with Crippen LogP contribution in [0.25, 0.3) is 5.76 Å². The number of ether oxygens (including phenoxy) is 1. The van der Waals surface area contributed by atoms with Crippen LogP contribution in [0.1, 0.15) is 28.7 Å². The van der Waals surface area contributed by atoms with E-state index < -0.39 is 23.5 Å². The first-order valence-corrected chi connectivity index (χ1v) is 9.59. The van der Waals surface area contributed by atoms with Crippen molar-refractivity contribution in [3.8, 4) is 5.75 Å². The predicted octanol–water partition coefficient (Wildman–Crippen LogP) is 4.67. The maximum Gasteiger partial charge on any atom is 0.300 e. The van der Waals surface area contributed by atoms with Gasteiger partial charge in [0.05, 0.1) is 12.7 Å². The maximum absolute atomic E-state index is 13.5.